The summed E-state index contributed by atoms with van der Waals surface area (Å²) in [4.78, 5) is 17.2. The van der Waals surface area contributed by atoms with E-state index in [1.165, 1.54) is 16.4 Å². The largest absolute Gasteiger partial charge is 0.378 e. The SMILES string of the molecule is C[C@H](C(=O)Nc1ccc(N2CCOCC2)cc1)N1CCCN(S(=O)(=O)c2ccc(F)cc2)CC1. The molecule has 2 fully saturated rings. The van der Waals surface area contributed by atoms with E-state index in [9.17, 15) is 17.6 Å². The number of hydrogen-bond acceptors (Lipinski definition) is 6. The van der Waals surface area contributed by atoms with E-state index in [2.05, 4.69) is 10.2 Å². The molecule has 0 bridgehead atoms. The van der Waals surface area contributed by atoms with Crippen LogP contribution in [0.4, 0.5) is 15.8 Å². The Balaban J connectivity index is 1.33. The summed E-state index contributed by atoms with van der Waals surface area (Å²) in [6.07, 6.45) is 0.603. The van der Waals surface area contributed by atoms with Crippen LogP contribution in [-0.2, 0) is 19.6 Å². The molecule has 184 valence electrons. The highest BCUT2D eigenvalue weighted by Gasteiger charge is 2.30. The number of anilines is 2. The summed E-state index contributed by atoms with van der Waals surface area (Å²) < 4.78 is 45.9. The van der Waals surface area contributed by atoms with Gasteiger partial charge in [0.1, 0.15) is 5.82 Å². The number of sulfonamides is 1. The molecule has 2 aromatic rings. The maximum Gasteiger partial charge on any atom is 0.243 e. The molecule has 1 N–H and O–H groups in total. The molecular formula is C24H31FN4O4S. The zero-order valence-corrected chi connectivity index (χ0v) is 20.1. The van der Waals surface area contributed by atoms with Crippen LogP contribution >= 0.6 is 0 Å². The zero-order valence-electron chi connectivity index (χ0n) is 19.3. The summed E-state index contributed by atoms with van der Waals surface area (Å²) in [5.41, 5.74) is 1.83. The van der Waals surface area contributed by atoms with Crippen LogP contribution in [0.15, 0.2) is 53.4 Å². The lowest BCUT2D eigenvalue weighted by atomic mass is 10.2. The highest BCUT2D eigenvalue weighted by Crippen LogP contribution is 2.21. The number of amides is 1. The van der Waals surface area contributed by atoms with E-state index in [-0.39, 0.29) is 17.3 Å². The molecule has 1 amide bonds. The van der Waals surface area contributed by atoms with Gasteiger partial charge in [0, 0.05) is 50.6 Å². The fraction of sp³-hybridized carbons (Fsp3) is 0.458. The number of nitrogens with one attached hydrogen (secondary N) is 1. The molecule has 2 aromatic carbocycles. The molecule has 8 nitrogen and oxygen atoms in total. The molecule has 0 radical (unpaired) electrons. The fourth-order valence-corrected chi connectivity index (χ4v) is 5.76. The van der Waals surface area contributed by atoms with Crippen LogP contribution < -0.4 is 10.2 Å². The number of carbonyl (C=O) groups excluding carboxylic acids is 1. The summed E-state index contributed by atoms with van der Waals surface area (Å²) in [7, 11) is -3.71. The Morgan fingerprint density at radius 1 is 0.941 bits per heavy atom. The van der Waals surface area contributed by atoms with Crippen LogP contribution in [0.25, 0.3) is 0 Å². The third kappa shape index (κ3) is 5.75. The third-order valence-corrected chi connectivity index (χ3v) is 8.29. The van der Waals surface area contributed by atoms with Crippen LogP contribution in [0.3, 0.4) is 0 Å². The van der Waals surface area contributed by atoms with Gasteiger partial charge in [-0.05, 0) is 61.9 Å². The molecule has 2 saturated heterocycles. The van der Waals surface area contributed by atoms with Gasteiger partial charge < -0.3 is 15.0 Å². The molecule has 0 saturated carbocycles. The van der Waals surface area contributed by atoms with Gasteiger partial charge in [0.2, 0.25) is 15.9 Å². The smallest absolute Gasteiger partial charge is 0.243 e. The van der Waals surface area contributed by atoms with Crippen molar-refractivity contribution in [1.82, 2.24) is 9.21 Å². The Hall–Kier alpha value is -2.53. The Bertz CT molecular complexity index is 1070. The predicted molar refractivity (Wildman–Crippen MR) is 129 cm³/mol. The zero-order chi connectivity index (χ0) is 24.1. The van der Waals surface area contributed by atoms with Crippen LogP contribution in [0.1, 0.15) is 13.3 Å². The van der Waals surface area contributed by atoms with Crippen molar-refractivity contribution in [2.75, 3.05) is 62.7 Å². The van der Waals surface area contributed by atoms with Crippen molar-refractivity contribution in [1.29, 1.82) is 0 Å². The minimum Gasteiger partial charge on any atom is -0.378 e. The molecule has 0 unspecified atom stereocenters. The number of rotatable bonds is 6. The molecule has 2 aliphatic rings. The van der Waals surface area contributed by atoms with E-state index >= 15 is 0 Å². The quantitative estimate of drug-likeness (QED) is 0.670. The topological polar surface area (TPSA) is 82.2 Å². The molecule has 4 rings (SSSR count). The van der Waals surface area contributed by atoms with E-state index < -0.39 is 21.9 Å². The first kappa shape index (κ1) is 24.6. The second kappa shape index (κ2) is 10.8. The third-order valence-electron chi connectivity index (χ3n) is 6.38. The second-order valence-corrected chi connectivity index (χ2v) is 10.5. The number of carbonyl (C=O) groups is 1. The predicted octanol–water partition coefficient (Wildman–Crippen LogP) is 2.39. The average Bonchev–Trinajstić information content (AvgIpc) is 3.12. The van der Waals surface area contributed by atoms with Gasteiger partial charge >= 0.3 is 0 Å². The second-order valence-electron chi connectivity index (χ2n) is 8.56. The minimum atomic E-state index is -3.71. The number of benzene rings is 2. The van der Waals surface area contributed by atoms with Gasteiger partial charge in [-0.2, -0.15) is 4.31 Å². The summed E-state index contributed by atoms with van der Waals surface area (Å²) >= 11 is 0. The van der Waals surface area contributed by atoms with E-state index in [0.717, 1.165) is 36.6 Å². The monoisotopic (exact) mass is 490 g/mol. The molecule has 0 aromatic heterocycles. The van der Waals surface area contributed by atoms with Crippen LogP contribution in [0, 0.1) is 5.82 Å². The van der Waals surface area contributed by atoms with Gasteiger partial charge in [0.25, 0.3) is 0 Å². The van der Waals surface area contributed by atoms with E-state index in [4.69, 9.17) is 4.74 Å². The van der Waals surface area contributed by atoms with E-state index in [1.807, 2.05) is 36.1 Å². The molecule has 34 heavy (non-hydrogen) atoms. The van der Waals surface area contributed by atoms with Crippen molar-refractivity contribution >= 4 is 27.3 Å². The first-order valence-corrected chi connectivity index (χ1v) is 13.0. The maximum absolute atomic E-state index is 13.2. The van der Waals surface area contributed by atoms with Gasteiger partial charge in [0.15, 0.2) is 0 Å². The summed E-state index contributed by atoms with van der Waals surface area (Å²) in [5.74, 6) is -0.606. The fourth-order valence-electron chi connectivity index (χ4n) is 4.29. The van der Waals surface area contributed by atoms with Gasteiger partial charge in [-0.3, -0.25) is 9.69 Å². The number of halogens is 1. The number of ether oxygens (including phenoxy) is 1. The molecule has 2 aliphatic heterocycles. The van der Waals surface area contributed by atoms with Crippen molar-refractivity contribution in [2.45, 2.75) is 24.3 Å². The van der Waals surface area contributed by atoms with Crippen molar-refractivity contribution < 1.29 is 22.3 Å². The Kier molecular flexibility index (Phi) is 7.82. The standard InChI is InChI=1S/C24H31FN4O4S/c1-19(24(30)26-21-5-7-22(8-6-21)28-15-17-33-18-16-28)27-11-2-12-29(14-13-27)34(31,32)23-9-3-20(25)4-10-23/h3-10,19H,2,11-18H2,1H3,(H,26,30)/t19-/m1/s1. The lowest BCUT2D eigenvalue weighted by Crippen LogP contribution is -2.44. The maximum atomic E-state index is 13.2. The first-order valence-electron chi connectivity index (χ1n) is 11.6. The van der Waals surface area contributed by atoms with Gasteiger partial charge in [-0.1, -0.05) is 0 Å². The normalized spacial score (nSPS) is 19.4. The molecule has 0 aliphatic carbocycles. The molecule has 2 heterocycles. The van der Waals surface area contributed by atoms with Crippen molar-refractivity contribution in [3.8, 4) is 0 Å². The Morgan fingerprint density at radius 2 is 1.62 bits per heavy atom. The lowest BCUT2D eigenvalue weighted by molar-refractivity contribution is -0.120. The summed E-state index contributed by atoms with van der Waals surface area (Å²) in [6, 6.07) is 12.2. The van der Waals surface area contributed by atoms with Crippen molar-refractivity contribution in [3.05, 3.63) is 54.3 Å². The Labute approximate surface area is 200 Å². The average molecular weight is 491 g/mol. The summed E-state index contributed by atoms with van der Waals surface area (Å²) in [5, 5.41) is 2.97. The van der Waals surface area contributed by atoms with E-state index in [1.54, 1.807) is 0 Å². The van der Waals surface area contributed by atoms with Crippen LogP contribution in [0.5, 0.6) is 0 Å². The number of hydrogen-bond donors (Lipinski definition) is 1. The molecule has 10 heteroatoms. The molecule has 1 atom stereocenters. The highest BCUT2D eigenvalue weighted by molar-refractivity contribution is 7.89. The first-order chi connectivity index (χ1) is 16.3. The minimum absolute atomic E-state index is 0.0775. The number of morpholine rings is 1. The van der Waals surface area contributed by atoms with Crippen LogP contribution in [0.2, 0.25) is 0 Å². The van der Waals surface area contributed by atoms with Crippen molar-refractivity contribution in [3.63, 3.8) is 0 Å². The molecule has 0 spiro atoms. The lowest BCUT2D eigenvalue weighted by Gasteiger charge is -2.29. The summed E-state index contributed by atoms with van der Waals surface area (Å²) in [6.45, 7) is 6.64. The van der Waals surface area contributed by atoms with Gasteiger partial charge in [-0.15, -0.1) is 0 Å². The van der Waals surface area contributed by atoms with Crippen molar-refractivity contribution in [2.24, 2.45) is 0 Å². The molecular weight excluding hydrogens is 459 g/mol. The Morgan fingerprint density at radius 3 is 2.29 bits per heavy atom. The van der Waals surface area contributed by atoms with E-state index in [0.29, 0.717) is 39.3 Å². The highest BCUT2D eigenvalue weighted by atomic mass is 32.2. The van der Waals surface area contributed by atoms with Gasteiger partial charge in [-0.25, -0.2) is 12.8 Å². The van der Waals surface area contributed by atoms with Gasteiger partial charge in [0.05, 0.1) is 24.2 Å². The number of nitrogens with zero attached hydrogens (tertiary/aromatic N) is 3. The van der Waals surface area contributed by atoms with Crippen LogP contribution in [-0.4, -0.2) is 82.1 Å².